The Morgan fingerprint density at radius 3 is 2.73 bits per heavy atom. The van der Waals surface area contributed by atoms with Gasteiger partial charge in [-0.15, -0.1) is 0 Å². The van der Waals surface area contributed by atoms with Crippen LogP contribution in [0.15, 0.2) is 41.1 Å². The van der Waals surface area contributed by atoms with Gasteiger partial charge in [0, 0.05) is 21.4 Å². The number of hydrogen-bond acceptors (Lipinski definition) is 1. The summed E-state index contributed by atoms with van der Waals surface area (Å²) in [4.78, 5) is 4.13. The van der Waals surface area contributed by atoms with Crippen LogP contribution in [0.5, 0.6) is 0 Å². The predicted octanol–water partition coefficient (Wildman–Crippen LogP) is 4.11. The van der Waals surface area contributed by atoms with Crippen LogP contribution in [0.2, 0.25) is 0 Å². The summed E-state index contributed by atoms with van der Waals surface area (Å²) < 4.78 is 3.06. The number of hydrogen-bond donors (Lipinski definition) is 0. The predicted molar refractivity (Wildman–Crippen MR) is 69.3 cm³/mol. The Morgan fingerprint density at radius 2 is 1.87 bits per heavy atom. The zero-order valence-electron chi connectivity index (χ0n) is 7.61. The highest BCUT2D eigenvalue weighted by atomic mass is 79.9. The zero-order valence-corrected chi connectivity index (χ0v) is 10.8. The Labute approximate surface area is 103 Å². The molecule has 15 heavy (non-hydrogen) atoms. The van der Waals surface area contributed by atoms with Crippen molar-refractivity contribution in [3.63, 3.8) is 0 Å². The molecular weight excluding hydrogens is 320 g/mol. The molecule has 0 aliphatic rings. The fraction of sp³-hybridized carbons (Fsp3) is 0. The van der Waals surface area contributed by atoms with E-state index in [2.05, 4.69) is 55.3 Å². The molecule has 0 N–H and O–H groups in total. The summed E-state index contributed by atoms with van der Waals surface area (Å²) in [5.41, 5.74) is 2.23. The van der Waals surface area contributed by atoms with Crippen LogP contribution in [0.4, 0.5) is 0 Å². The molecule has 0 aliphatic heterocycles. The minimum Gasteiger partial charge on any atom is -0.274 e. The van der Waals surface area contributed by atoms with E-state index in [1.165, 1.54) is 10.8 Å². The highest BCUT2D eigenvalue weighted by Gasteiger charge is 2.08. The van der Waals surface area contributed by atoms with E-state index in [1.54, 1.807) is 0 Å². The number of benzene rings is 1. The summed E-state index contributed by atoms with van der Waals surface area (Å²) in [7, 11) is 0. The molecule has 3 aromatic rings. The van der Waals surface area contributed by atoms with E-state index in [1.807, 2.05) is 22.1 Å². The van der Waals surface area contributed by atoms with Crippen molar-refractivity contribution in [1.29, 1.82) is 0 Å². The molecule has 4 heteroatoms. The van der Waals surface area contributed by atoms with Gasteiger partial charge in [0.05, 0.1) is 33.4 Å². The van der Waals surface area contributed by atoms with Crippen molar-refractivity contribution in [2.45, 2.75) is 0 Å². The second kappa shape index (κ2) is 3.32. The quantitative estimate of drug-likeness (QED) is 0.608. The Hall–Kier alpha value is -0.870. The molecule has 3 rings (SSSR count). The lowest BCUT2D eigenvalue weighted by atomic mass is 10.2. The van der Waals surface area contributed by atoms with Crippen molar-refractivity contribution in [3.05, 3.63) is 41.1 Å². The summed E-state index contributed by atoms with van der Waals surface area (Å²) in [6.45, 7) is 0. The Balaban J connectivity index is 2.63. The minimum atomic E-state index is 1.08. The van der Waals surface area contributed by atoms with Crippen molar-refractivity contribution < 1.29 is 0 Å². The minimum absolute atomic E-state index is 1.08. The topological polar surface area (TPSA) is 17.8 Å². The molecule has 1 aromatic carbocycles. The second-order valence-corrected chi connectivity index (χ2v) is 4.96. The SMILES string of the molecule is Brc1ccc2c3ccncc3n(Br)c2c1. The van der Waals surface area contributed by atoms with E-state index in [-0.39, 0.29) is 0 Å². The van der Waals surface area contributed by atoms with Gasteiger partial charge in [-0.3, -0.25) is 8.58 Å². The van der Waals surface area contributed by atoms with Crippen molar-refractivity contribution in [3.8, 4) is 0 Å². The number of nitrogens with zero attached hydrogens (tertiary/aromatic N) is 2. The molecule has 2 nitrogen and oxygen atoms in total. The van der Waals surface area contributed by atoms with Crippen LogP contribution < -0.4 is 0 Å². The molecule has 0 unspecified atom stereocenters. The molecule has 0 fully saturated rings. The molecular formula is C11H6Br2N2. The van der Waals surface area contributed by atoms with E-state index >= 15 is 0 Å². The summed E-state index contributed by atoms with van der Waals surface area (Å²) in [5, 5.41) is 2.44. The monoisotopic (exact) mass is 324 g/mol. The normalized spacial score (nSPS) is 11.3. The third-order valence-electron chi connectivity index (χ3n) is 2.47. The van der Waals surface area contributed by atoms with Gasteiger partial charge in [-0.1, -0.05) is 22.0 Å². The molecule has 0 saturated carbocycles. The van der Waals surface area contributed by atoms with Gasteiger partial charge in [0.25, 0.3) is 0 Å². The highest BCUT2D eigenvalue weighted by Crippen LogP contribution is 2.31. The number of pyridine rings is 1. The molecule has 0 aliphatic carbocycles. The molecule has 2 aromatic heterocycles. The van der Waals surface area contributed by atoms with Crippen LogP contribution >= 0.6 is 32.1 Å². The van der Waals surface area contributed by atoms with E-state index in [9.17, 15) is 0 Å². The first-order chi connectivity index (χ1) is 7.27. The molecule has 2 heterocycles. The highest BCUT2D eigenvalue weighted by molar-refractivity contribution is 9.10. The summed E-state index contributed by atoms with van der Waals surface area (Å²) in [6, 6.07) is 8.28. The van der Waals surface area contributed by atoms with Crippen molar-refractivity contribution in [2.24, 2.45) is 0 Å². The molecule has 0 bridgehead atoms. The molecule has 0 spiro atoms. The van der Waals surface area contributed by atoms with E-state index in [0.717, 1.165) is 15.5 Å². The van der Waals surface area contributed by atoms with Gasteiger partial charge in [0.15, 0.2) is 0 Å². The summed E-state index contributed by atoms with van der Waals surface area (Å²) >= 11 is 7.02. The largest absolute Gasteiger partial charge is 0.274 e. The van der Waals surface area contributed by atoms with Crippen molar-refractivity contribution >= 4 is 53.9 Å². The molecule has 0 atom stereocenters. The van der Waals surface area contributed by atoms with Gasteiger partial charge < -0.3 is 0 Å². The number of rotatable bonds is 0. The Bertz CT molecular complexity index is 658. The molecule has 0 radical (unpaired) electrons. The van der Waals surface area contributed by atoms with E-state index in [0.29, 0.717) is 0 Å². The maximum atomic E-state index is 4.13. The fourth-order valence-corrected chi connectivity index (χ4v) is 2.72. The molecule has 74 valence electrons. The number of aromatic nitrogens is 2. The van der Waals surface area contributed by atoms with Crippen LogP contribution in [-0.4, -0.2) is 8.58 Å². The lowest BCUT2D eigenvalue weighted by Crippen LogP contribution is -1.78. The first-order valence-electron chi connectivity index (χ1n) is 4.47. The third kappa shape index (κ3) is 1.32. The van der Waals surface area contributed by atoms with Gasteiger partial charge in [-0.25, -0.2) is 0 Å². The van der Waals surface area contributed by atoms with Gasteiger partial charge in [0.1, 0.15) is 0 Å². The van der Waals surface area contributed by atoms with Crippen LogP contribution in [-0.2, 0) is 0 Å². The standard InChI is InChI=1S/C11H6Br2N2/c12-7-1-2-8-9-3-4-14-6-11(9)15(13)10(8)5-7/h1-6H. The first kappa shape index (κ1) is 9.36. The summed E-state index contributed by atoms with van der Waals surface area (Å²) in [6.07, 6.45) is 3.68. The van der Waals surface area contributed by atoms with Crippen molar-refractivity contribution in [2.75, 3.05) is 0 Å². The van der Waals surface area contributed by atoms with Crippen LogP contribution in [0.3, 0.4) is 0 Å². The summed E-state index contributed by atoms with van der Waals surface area (Å²) in [5.74, 6) is 0. The first-order valence-corrected chi connectivity index (χ1v) is 5.97. The van der Waals surface area contributed by atoms with E-state index < -0.39 is 0 Å². The molecule has 0 saturated heterocycles. The lowest BCUT2D eigenvalue weighted by molar-refractivity contribution is 1.33. The van der Waals surface area contributed by atoms with E-state index in [4.69, 9.17) is 0 Å². The maximum absolute atomic E-state index is 4.13. The lowest BCUT2D eigenvalue weighted by Gasteiger charge is -1.94. The van der Waals surface area contributed by atoms with Gasteiger partial charge >= 0.3 is 0 Å². The fourth-order valence-electron chi connectivity index (χ4n) is 1.80. The zero-order chi connectivity index (χ0) is 10.4. The van der Waals surface area contributed by atoms with Gasteiger partial charge in [-0.2, -0.15) is 0 Å². The van der Waals surface area contributed by atoms with Crippen LogP contribution in [0, 0.1) is 0 Å². The third-order valence-corrected chi connectivity index (χ3v) is 3.73. The smallest absolute Gasteiger partial charge is 0.0788 e. The number of halogens is 2. The Kier molecular flexibility index (Phi) is 2.07. The van der Waals surface area contributed by atoms with Crippen LogP contribution in [0.1, 0.15) is 0 Å². The second-order valence-electron chi connectivity index (χ2n) is 3.34. The molecule has 0 amide bonds. The average Bonchev–Trinajstić information content (AvgIpc) is 2.54. The van der Waals surface area contributed by atoms with Crippen molar-refractivity contribution in [1.82, 2.24) is 8.58 Å². The van der Waals surface area contributed by atoms with Crippen LogP contribution in [0.25, 0.3) is 21.8 Å². The Morgan fingerprint density at radius 1 is 1.07 bits per heavy atom. The van der Waals surface area contributed by atoms with Gasteiger partial charge in [0.2, 0.25) is 0 Å². The maximum Gasteiger partial charge on any atom is 0.0788 e. The number of fused-ring (bicyclic) bond motifs is 3. The average molecular weight is 326 g/mol. The van der Waals surface area contributed by atoms with Gasteiger partial charge in [-0.05, 0) is 18.2 Å².